The summed E-state index contributed by atoms with van der Waals surface area (Å²) in [6.07, 6.45) is 12.5. The highest BCUT2D eigenvalue weighted by Crippen LogP contribution is 2.30. The van der Waals surface area contributed by atoms with E-state index >= 15 is 0 Å². The Labute approximate surface area is 179 Å². The molecule has 1 aliphatic heterocycles. The number of aryl methyl sites for hydroxylation is 1. The molecule has 0 amide bonds. The Morgan fingerprint density at radius 3 is 2.63 bits per heavy atom. The number of hydrogen-bond acceptors (Lipinski definition) is 4. The summed E-state index contributed by atoms with van der Waals surface area (Å²) in [5.74, 6) is 0. The number of anilines is 1. The minimum atomic E-state index is -4.30. The fourth-order valence-electron chi connectivity index (χ4n) is 3.00. The number of halogens is 3. The molecule has 1 N–H and O–H groups in total. The summed E-state index contributed by atoms with van der Waals surface area (Å²) in [7, 11) is 0. The monoisotopic (exact) mass is 431 g/mol. The zero-order chi connectivity index (χ0) is 21.2. The zero-order valence-corrected chi connectivity index (χ0v) is 17.3. The van der Waals surface area contributed by atoms with Crippen molar-refractivity contribution >= 4 is 17.6 Å². The molecule has 0 spiro atoms. The number of alkyl halides is 3. The highest BCUT2D eigenvalue weighted by Gasteiger charge is 2.29. The van der Waals surface area contributed by atoms with Crippen LogP contribution in [0.25, 0.3) is 0 Å². The van der Waals surface area contributed by atoms with Crippen molar-refractivity contribution in [1.29, 1.82) is 0 Å². The second kappa shape index (κ2) is 11.0. The number of nitrogens with one attached hydrogen (secondary N) is 1. The molecule has 0 saturated heterocycles. The lowest BCUT2D eigenvalue weighted by Crippen LogP contribution is -2.22. The van der Waals surface area contributed by atoms with Gasteiger partial charge in [0.1, 0.15) is 0 Å². The smallest absolute Gasteiger partial charge is 0.346 e. The van der Waals surface area contributed by atoms with Gasteiger partial charge in [-0.1, -0.05) is 24.3 Å². The van der Waals surface area contributed by atoms with Gasteiger partial charge in [-0.2, -0.15) is 13.2 Å². The maximum absolute atomic E-state index is 12.6. The molecule has 2 aromatic rings. The summed E-state index contributed by atoms with van der Waals surface area (Å²) < 4.78 is 41.1. The normalized spacial score (nSPS) is 14.4. The Kier molecular flexibility index (Phi) is 8.16. The minimum absolute atomic E-state index is 0.630. The van der Waals surface area contributed by atoms with Crippen molar-refractivity contribution in [3.05, 3.63) is 90.4 Å². The number of nitrogens with zero attached hydrogens (tertiary/aromatic N) is 2. The first kappa shape index (κ1) is 22.2. The number of rotatable bonds is 6. The number of hydrogen-bond donors (Lipinski definition) is 1. The van der Waals surface area contributed by atoms with E-state index in [1.807, 2.05) is 36.6 Å². The number of pyridine rings is 1. The fourth-order valence-corrected chi connectivity index (χ4v) is 3.69. The lowest BCUT2D eigenvalue weighted by atomic mass is 10.1. The van der Waals surface area contributed by atoms with Crippen LogP contribution in [0.2, 0.25) is 0 Å². The summed E-state index contributed by atoms with van der Waals surface area (Å²) in [5.41, 5.74) is 1.54. The van der Waals surface area contributed by atoms with Gasteiger partial charge in [-0.3, -0.25) is 9.71 Å². The highest BCUT2D eigenvalue weighted by atomic mass is 32.2. The first-order valence-electron chi connectivity index (χ1n) is 9.81. The van der Waals surface area contributed by atoms with Gasteiger partial charge < -0.3 is 4.90 Å². The van der Waals surface area contributed by atoms with E-state index in [0.29, 0.717) is 0 Å². The number of benzene rings is 1. The molecule has 1 aliphatic rings. The van der Waals surface area contributed by atoms with Crippen LogP contribution in [0.5, 0.6) is 0 Å². The van der Waals surface area contributed by atoms with Gasteiger partial charge in [0.2, 0.25) is 0 Å². The number of allylic oxidation sites excluding steroid dienone is 5. The highest BCUT2D eigenvalue weighted by molar-refractivity contribution is 7.97. The van der Waals surface area contributed by atoms with Crippen molar-refractivity contribution in [3.8, 4) is 0 Å². The Balaban J connectivity index is 1.53. The largest absolute Gasteiger partial charge is 0.416 e. The Hall–Kier alpha value is -2.51. The van der Waals surface area contributed by atoms with E-state index in [1.165, 1.54) is 24.1 Å². The van der Waals surface area contributed by atoms with Crippen LogP contribution in [0.15, 0.2) is 84.1 Å². The van der Waals surface area contributed by atoms with E-state index in [2.05, 4.69) is 32.9 Å². The third-order valence-electron chi connectivity index (χ3n) is 4.51. The summed E-state index contributed by atoms with van der Waals surface area (Å²) in [5, 5.41) is 0. The Morgan fingerprint density at radius 2 is 1.83 bits per heavy atom. The predicted molar refractivity (Wildman–Crippen MR) is 117 cm³/mol. The van der Waals surface area contributed by atoms with E-state index < -0.39 is 11.7 Å². The van der Waals surface area contributed by atoms with Gasteiger partial charge in [0.05, 0.1) is 16.9 Å². The molecule has 3 nitrogen and oxygen atoms in total. The summed E-state index contributed by atoms with van der Waals surface area (Å²) in [6.45, 7) is 1.53. The van der Waals surface area contributed by atoms with E-state index in [0.717, 1.165) is 60.8 Å². The van der Waals surface area contributed by atoms with Crippen LogP contribution in [-0.4, -0.2) is 18.1 Å². The quantitative estimate of drug-likeness (QED) is 0.438. The molecule has 1 aromatic heterocycles. The van der Waals surface area contributed by atoms with Gasteiger partial charge in [0.15, 0.2) is 0 Å². The van der Waals surface area contributed by atoms with Crippen molar-refractivity contribution in [2.75, 3.05) is 18.0 Å². The first-order valence-corrected chi connectivity index (χ1v) is 10.6. The summed E-state index contributed by atoms with van der Waals surface area (Å²) in [6, 6.07) is 9.22. The molecular weight excluding hydrogens is 407 g/mol. The third kappa shape index (κ3) is 6.78. The molecule has 0 bridgehead atoms. The van der Waals surface area contributed by atoms with Crippen LogP contribution in [0.3, 0.4) is 0 Å². The number of fused-ring (bicyclic) bond motifs is 1. The van der Waals surface area contributed by atoms with Gasteiger partial charge in [0.25, 0.3) is 0 Å². The fraction of sp³-hybridized carbons (Fsp3) is 0.261. The summed E-state index contributed by atoms with van der Waals surface area (Å²) >= 11 is 1.34. The first-order chi connectivity index (χ1) is 14.5. The van der Waals surface area contributed by atoms with Crippen molar-refractivity contribution in [1.82, 2.24) is 9.71 Å². The average molecular weight is 432 g/mol. The zero-order valence-electron chi connectivity index (χ0n) is 16.5. The van der Waals surface area contributed by atoms with Gasteiger partial charge >= 0.3 is 6.18 Å². The van der Waals surface area contributed by atoms with Crippen LogP contribution >= 0.6 is 11.9 Å². The van der Waals surface area contributed by atoms with Gasteiger partial charge in [-0.05, 0) is 73.7 Å². The molecule has 30 heavy (non-hydrogen) atoms. The molecule has 2 heterocycles. The van der Waals surface area contributed by atoms with Gasteiger partial charge in [0, 0.05) is 30.4 Å². The van der Waals surface area contributed by atoms with Crippen LogP contribution in [0.1, 0.15) is 24.1 Å². The lowest BCUT2D eigenvalue weighted by Gasteiger charge is -2.23. The molecule has 7 heteroatoms. The average Bonchev–Trinajstić information content (AvgIpc) is 2.78. The van der Waals surface area contributed by atoms with Crippen molar-refractivity contribution in [2.45, 2.75) is 30.3 Å². The van der Waals surface area contributed by atoms with Gasteiger partial charge in [-0.15, -0.1) is 0 Å². The lowest BCUT2D eigenvalue weighted by molar-refractivity contribution is -0.137. The Bertz CT molecular complexity index is 889. The SMILES string of the molecule is FC(F)(F)c1ccc(SNCCCN2C=CC=CC=CCCc3ncccc32)cc1. The third-order valence-corrected chi connectivity index (χ3v) is 5.36. The molecular formula is C23H24F3N3S. The molecule has 1 aromatic carbocycles. The summed E-state index contributed by atoms with van der Waals surface area (Å²) in [4.78, 5) is 7.50. The Morgan fingerprint density at radius 1 is 1.03 bits per heavy atom. The molecule has 158 valence electrons. The second-order valence-electron chi connectivity index (χ2n) is 6.73. The predicted octanol–water partition coefficient (Wildman–Crippen LogP) is 6.17. The second-order valence-corrected chi connectivity index (χ2v) is 7.69. The van der Waals surface area contributed by atoms with Crippen molar-refractivity contribution in [2.24, 2.45) is 0 Å². The van der Waals surface area contributed by atoms with E-state index in [1.54, 1.807) is 0 Å². The number of aromatic nitrogens is 1. The molecule has 0 fully saturated rings. The topological polar surface area (TPSA) is 28.2 Å². The van der Waals surface area contributed by atoms with Crippen LogP contribution in [0, 0.1) is 0 Å². The molecule has 0 unspecified atom stereocenters. The van der Waals surface area contributed by atoms with Crippen LogP contribution < -0.4 is 9.62 Å². The molecule has 0 saturated carbocycles. The van der Waals surface area contributed by atoms with Crippen LogP contribution in [0.4, 0.5) is 18.9 Å². The van der Waals surface area contributed by atoms with E-state index in [4.69, 9.17) is 0 Å². The molecule has 3 rings (SSSR count). The van der Waals surface area contributed by atoms with Crippen molar-refractivity contribution < 1.29 is 13.2 Å². The maximum atomic E-state index is 12.6. The van der Waals surface area contributed by atoms with E-state index in [9.17, 15) is 13.2 Å². The minimum Gasteiger partial charge on any atom is -0.346 e. The molecule has 0 aliphatic carbocycles. The molecule has 0 atom stereocenters. The van der Waals surface area contributed by atoms with Crippen molar-refractivity contribution in [3.63, 3.8) is 0 Å². The van der Waals surface area contributed by atoms with Gasteiger partial charge in [-0.25, -0.2) is 0 Å². The van der Waals surface area contributed by atoms with E-state index in [-0.39, 0.29) is 0 Å². The standard InChI is InChI=1S/C23H24F3N3S/c24-23(25,26)19-11-13-20(14-12-19)30-28-16-8-18-29-17-6-4-2-1-3-5-9-21-22(29)10-7-15-27-21/h1-4,6-7,10-15,17,28H,5,8-9,16,18H2. The molecule has 0 radical (unpaired) electrons. The van der Waals surface area contributed by atoms with Crippen LogP contribution in [-0.2, 0) is 12.6 Å². The maximum Gasteiger partial charge on any atom is 0.416 e.